The van der Waals surface area contributed by atoms with Crippen molar-refractivity contribution < 1.29 is 24.4 Å². The number of aliphatic hydroxyl groups is 3. The zero-order chi connectivity index (χ0) is 15.1. The number of halogens is 1. The molecule has 2 heterocycles. The number of aromatic nitrogens is 1. The summed E-state index contributed by atoms with van der Waals surface area (Å²) in [6, 6.07) is 6.17. The summed E-state index contributed by atoms with van der Waals surface area (Å²) in [5.74, 6) is -0.636. The summed E-state index contributed by atoms with van der Waals surface area (Å²) in [4.78, 5) is 12.4. The molecule has 0 unspecified atom stereocenters. The summed E-state index contributed by atoms with van der Waals surface area (Å²) in [5, 5.41) is 29.0. The maximum atomic E-state index is 14.1. The van der Waals surface area contributed by atoms with Crippen LogP contribution in [-0.4, -0.2) is 44.8 Å². The van der Waals surface area contributed by atoms with E-state index in [1.54, 1.807) is 12.1 Å². The first-order valence-corrected chi connectivity index (χ1v) is 6.46. The molecule has 3 rings (SSSR count). The normalized spacial score (nSPS) is 29.1. The summed E-state index contributed by atoms with van der Waals surface area (Å²) in [6.07, 6.45) is -4.11. The molecule has 1 fully saturated rings. The van der Waals surface area contributed by atoms with Crippen LogP contribution in [0.25, 0.3) is 10.8 Å². The fourth-order valence-corrected chi connectivity index (χ4v) is 2.57. The van der Waals surface area contributed by atoms with Crippen LogP contribution in [0.5, 0.6) is 0 Å². The summed E-state index contributed by atoms with van der Waals surface area (Å²) in [6.45, 7) is -0.514. The first-order chi connectivity index (χ1) is 10.0. The lowest BCUT2D eigenvalue weighted by Crippen LogP contribution is -2.35. The van der Waals surface area contributed by atoms with Crippen molar-refractivity contribution in [1.29, 1.82) is 0 Å². The van der Waals surface area contributed by atoms with E-state index in [9.17, 15) is 19.4 Å². The predicted molar refractivity (Wildman–Crippen MR) is 71.2 cm³/mol. The molecule has 0 saturated carbocycles. The average Bonchev–Trinajstić information content (AvgIpc) is 2.79. The third-order valence-corrected chi connectivity index (χ3v) is 3.69. The topological polar surface area (TPSA) is 91.9 Å². The van der Waals surface area contributed by atoms with Gasteiger partial charge in [0.2, 0.25) is 0 Å². The van der Waals surface area contributed by atoms with Crippen LogP contribution in [0.4, 0.5) is 4.39 Å². The van der Waals surface area contributed by atoms with Crippen LogP contribution in [0, 0.1) is 5.82 Å². The van der Waals surface area contributed by atoms with Gasteiger partial charge in [-0.1, -0.05) is 18.2 Å². The van der Waals surface area contributed by atoms with E-state index in [1.165, 1.54) is 12.1 Å². The lowest BCUT2D eigenvalue weighted by atomic mass is 10.1. The highest BCUT2D eigenvalue weighted by Crippen LogP contribution is 2.29. The minimum Gasteiger partial charge on any atom is -0.394 e. The monoisotopic (exact) mass is 295 g/mol. The summed E-state index contributed by atoms with van der Waals surface area (Å²) < 4.78 is 20.2. The molecule has 0 aliphatic carbocycles. The number of fused-ring (bicyclic) bond motifs is 1. The molecular formula is C14H14FNO5. The van der Waals surface area contributed by atoms with E-state index < -0.39 is 42.5 Å². The number of hydrogen-bond donors (Lipinski definition) is 3. The van der Waals surface area contributed by atoms with Gasteiger partial charge in [-0.15, -0.1) is 0 Å². The lowest BCUT2D eigenvalue weighted by molar-refractivity contribution is -0.0544. The molecule has 1 aromatic heterocycles. The quantitative estimate of drug-likeness (QED) is 0.711. The smallest absolute Gasteiger partial charge is 0.260 e. The molecule has 6 nitrogen and oxygen atoms in total. The van der Waals surface area contributed by atoms with Crippen molar-refractivity contribution in [3.8, 4) is 0 Å². The highest BCUT2D eigenvalue weighted by atomic mass is 19.1. The number of pyridine rings is 1. The number of hydrogen-bond acceptors (Lipinski definition) is 5. The molecule has 3 N–H and O–H groups in total. The predicted octanol–water partition coefficient (Wildman–Crippen LogP) is -0.248. The van der Waals surface area contributed by atoms with Gasteiger partial charge >= 0.3 is 0 Å². The van der Waals surface area contributed by atoms with Crippen molar-refractivity contribution in [2.75, 3.05) is 6.61 Å². The number of rotatable bonds is 2. The van der Waals surface area contributed by atoms with Gasteiger partial charge in [0.1, 0.15) is 24.1 Å². The Balaban J connectivity index is 2.14. The molecule has 7 heteroatoms. The second-order valence-electron chi connectivity index (χ2n) is 4.96. The first-order valence-electron chi connectivity index (χ1n) is 6.46. The standard InChI is InChI=1S/C14H14FNO5/c15-9-5-16(13(20)8-4-2-1-3-7(8)9)14-12(19)11(18)10(6-17)21-14/h1-5,10-12,14,17-19H,6H2/t10-,11-,12+,14-/m1/s1. The Bertz CT molecular complexity index is 731. The number of ether oxygens (including phenoxy) is 1. The minimum absolute atomic E-state index is 0.148. The van der Waals surface area contributed by atoms with Crippen LogP contribution in [0.2, 0.25) is 0 Å². The Labute approximate surface area is 118 Å². The SMILES string of the molecule is O=c1c2ccccc2c(F)cn1[C@@H]1O[C@H](CO)[C@@H](O)[C@@H]1O. The highest BCUT2D eigenvalue weighted by molar-refractivity contribution is 5.81. The summed E-state index contributed by atoms with van der Waals surface area (Å²) in [7, 11) is 0. The maximum Gasteiger partial charge on any atom is 0.260 e. The maximum absolute atomic E-state index is 14.1. The van der Waals surface area contributed by atoms with Crippen LogP contribution in [0.15, 0.2) is 35.3 Å². The Hall–Kier alpha value is -1.80. The van der Waals surface area contributed by atoms with Gasteiger partial charge in [-0.2, -0.15) is 0 Å². The van der Waals surface area contributed by atoms with Gasteiger partial charge in [-0.05, 0) is 6.07 Å². The van der Waals surface area contributed by atoms with E-state index >= 15 is 0 Å². The van der Waals surface area contributed by atoms with Gasteiger partial charge in [-0.3, -0.25) is 9.36 Å². The summed E-state index contributed by atoms with van der Waals surface area (Å²) in [5.41, 5.74) is -0.540. The molecule has 1 aliphatic rings. The van der Waals surface area contributed by atoms with E-state index in [4.69, 9.17) is 9.84 Å². The van der Waals surface area contributed by atoms with E-state index in [0.29, 0.717) is 0 Å². The second kappa shape index (κ2) is 5.19. The second-order valence-corrected chi connectivity index (χ2v) is 4.96. The van der Waals surface area contributed by atoms with E-state index in [2.05, 4.69) is 0 Å². The largest absolute Gasteiger partial charge is 0.394 e. The molecule has 0 radical (unpaired) electrons. The van der Waals surface area contributed by atoms with E-state index in [0.717, 1.165) is 10.8 Å². The molecule has 0 spiro atoms. The van der Waals surface area contributed by atoms with Crippen LogP contribution < -0.4 is 5.56 Å². The molecular weight excluding hydrogens is 281 g/mol. The molecule has 0 amide bonds. The van der Waals surface area contributed by atoms with E-state index in [-0.39, 0.29) is 10.8 Å². The highest BCUT2D eigenvalue weighted by Gasteiger charge is 2.43. The van der Waals surface area contributed by atoms with Crippen LogP contribution in [0.1, 0.15) is 6.23 Å². The van der Waals surface area contributed by atoms with Crippen LogP contribution in [-0.2, 0) is 4.74 Å². The van der Waals surface area contributed by atoms with Crippen molar-refractivity contribution in [2.24, 2.45) is 0 Å². The molecule has 1 saturated heterocycles. The zero-order valence-corrected chi connectivity index (χ0v) is 10.9. The van der Waals surface area contributed by atoms with Gasteiger partial charge in [-0.25, -0.2) is 4.39 Å². The van der Waals surface area contributed by atoms with Crippen molar-refractivity contribution in [3.05, 3.63) is 46.6 Å². The van der Waals surface area contributed by atoms with Crippen LogP contribution in [0.3, 0.4) is 0 Å². The van der Waals surface area contributed by atoms with Crippen molar-refractivity contribution >= 4 is 10.8 Å². The lowest BCUT2D eigenvalue weighted by Gasteiger charge is -2.18. The number of nitrogens with zero attached hydrogens (tertiary/aromatic N) is 1. The number of benzene rings is 1. The molecule has 112 valence electrons. The van der Waals surface area contributed by atoms with Crippen LogP contribution >= 0.6 is 0 Å². The molecule has 0 bridgehead atoms. The van der Waals surface area contributed by atoms with Gasteiger partial charge in [0.05, 0.1) is 12.0 Å². The molecule has 1 aromatic carbocycles. The fraction of sp³-hybridized carbons (Fsp3) is 0.357. The van der Waals surface area contributed by atoms with Crippen molar-refractivity contribution in [1.82, 2.24) is 4.57 Å². The fourth-order valence-electron chi connectivity index (χ4n) is 2.57. The van der Waals surface area contributed by atoms with Crippen molar-refractivity contribution in [2.45, 2.75) is 24.5 Å². The van der Waals surface area contributed by atoms with Crippen molar-refractivity contribution in [3.63, 3.8) is 0 Å². The molecule has 1 aliphatic heterocycles. The molecule has 2 aromatic rings. The number of aliphatic hydroxyl groups excluding tert-OH is 3. The van der Waals surface area contributed by atoms with Gasteiger partial charge in [0.15, 0.2) is 6.23 Å². The first kappa shape index (κ1) is 14.2. The Morgan fingerprint density at radius 3 is 2.48 bits per heavy atom. The Morgan fingerprint density at radius 1 is 1.19 bits per heavy atom. The summed E-state index contributed by atoms with van der Waals surface area (Å²) >= 11 is 0. The zero-order valence-electron chi connectivity index (χ0n) is 10.9. The Morgan fingerprint density at radius 2 is 1.86 bits per heavy atom. The van der Waals surface area contributed by atoms with E-state index in [1.807, 2.05) is 0 Å². The molecule has 4 atom stereocenters. The Kier molecular flexibility index (Phi) is 3.50. The third kappa shape index (κ3) is 2.14. The third-order valence-electron chi connectivity index (χ3n) is 3.69. The van der Waals surface area contributed by atoms with Gasteiger partial charge < -0.3 is 20.1 Å². The van der Waals surface area contributed by atoms with Gasteiger partial charge in [0.25, 0.3) is 5.56 Å². The minimum atomic E-state index is -1.43. The van der Waals surface area contributed by atoms with Gasteiger partial charge in [0, 0.05) is 11.6 Å². The molecule has 21 heavy (non-hydrogen) atoms. The average molecular weight is 295 g/mol.